The van der Waals surface area contributed by atoms with Crippen LogP contribution in [-0.2, 0) is 10.4 Å². The number of amides is 1. The molecule has 0 spiro atoms. The van der Waals surface area contributed by atoms with E-state index >= 15 is 0 Å². The summed E-state index contributed by atoms with van der Waals surface area (Å²) in [5.74, 6) is 1.53. The molecule has 2 saturated heterocycles. The topological polar surface area (TPSA) is 56.7 Å². The van der Waals surface area contributed by atoms with Crippen molar-refractivity contribution in [3.8, 4) is 0 Å². The molecule has 1 aromatic heterocycles. The van der Waals surface area contributed by atoms with Gasteiger partial charge in [-0.1, -0.05) is 58.9 Å². The van der Waals surface area contributed by atoms with E-state index in [9.17, 15) is 9.90 Å². The third-order valence-electron chi connectivity index (χ3n) is 7.57. The van der Waals surface area contributed by atoms with Crippen LogP contribution in [0.3, 0.4) is 0 Å². The molecule has 3 heterocycles. The highest BCUT2D eigenvalue weighted by Gasteiger charge is 2.55. The minimum absolute atomic E-state index is 0.152. The number of anilines is 1. The molecule has 0 bridgehead atoms. The lowest BCUT2D eigenvalue weighted by molar-refractivity contribution is -0.127. The smallest absolute Gasteiger partial charge is 0.227 e. The molecule has 0 saturated carbocycles. The molecule has 33 heavy (non-hydrogen) atoms. The Bertz CT molecular complexity index is 994. The Morgan fingerprint density at radius 1 is 1.12 bits per heavy atom. The number of carbonyl (C=O) groups is 1. The first kappa shape index (κ1) is 23.9. The van der Waals surface area contributed by atoms with Crippen molar-refractivity contribution in [2.75, 3.05) is 31.6 Å². The van der Waals surface area contributed by atoms with Crippen molar-refractivity contribution in [2.45, 2.75) is 59.0 Å². The molecule has 2 aliphatic rings. The number of pyridine rings is 1. The second-order valence-corrected chi connectivity index (χ2v) is 11.4. The summed E-state index contributed by atoms with van der Waals surface area (Å²) in [4.78, 5) is 21.4. The average molecular weight is 450 g/mol. The Labute approximate surface area is 198 Å². The fourth-order valence-electron chi connectivity index (χ4n) is 5.98. The predicted octanol–water partition coefficient (Wildman–Crippen LogP) is 4.79. The first-order valence-corrected chi connectivity index (χ1v) is 12.3. The molecule has 1 N–H and O–H groups in total. The highest BCUT2D eigenvalue weighted by atomic mass is 16.3. The van der Waals surface area contributed by atoms with Gasteiger partial charge in [-0.25, -0.2) is 0 Å². The zero-order chi connectivity index (χ0) is 24.0. The number of nitrogens with zero attached hydrogens (tertiary/aromatic N) is 3. The molecule has 178 valence electrons. The van der Waals surface area contributed by atoms with Crippen LogP contribution in [0.25, 0.3) is 0 Å². The van der Waals surface area contributed by atoms with Crippen LogP contribution in [0.15, 0.2) is 42.7 Å². The predicted molar refractivity (Wildman–Crippen MR) is 133 cm³/mol. The number of aromatic nitrogens is 1. The van der Waals surface area contributed by atoms with Gasteiger partial charge in [0.1, 0.15) is 5.60 Å². The van der Waals surface area contributed by atoms with E-state index in [1.807, 2.05) is 11.0 Å². The molecule has 0 aliphatic carbocycles. The van der Waals surface area contributed by atoms with Gasteiger partial charge in [0, 0.05) is 43.2 Å². The highest BCUT2D eigenvalue weighted by molar-refractivity contribution is 5.95. The van der Waals surface area contributed by atoms with Gasteiger partial charge in [0.15, 0.2) is 0 Å². The molecule has 2 fully saturated rings. The van der Waals surface area contributed by atoms with Crippen LogP contribution >= 0.6 is 0 Å². The number of hydrogen-bond acceptors (Lipinski definition) is 4. The molecule has 5 nitrogen and oxygen atoms in total. The SMILES string of the molecule is CC(C)C[C@H]1CC(=O)N(c2cncc(C(O)(c3ccc(C(C)C)cc3)C3(C)CN(C)C3)c2)C1. The van der Waals surface area contributed by atoms with E-state index in [-0.39, 0.29) is 11.3 Å². The minimum atomic E-state index is -1.20. The molecule has 1 aromatic carbocycles. The first-order chi connectivity index (χ1) is 15.5. The van der Waals surface area contributed by atoms with Crippen LogP contribution in [-0.4, -0.2) is 47.6 Å². The van der Waals surface area contributed by atoms with Gasteiger partial charge in [-0.3, -0.25) is 9.78 Å². The maximum absolute atomic E-state index is 12.8. The van der Waals surface area contributed by atoms with Crippen molar-refractivity contribution in [3.05, 3.63) is 59.4 Å². The number of likely N-dealkylation sites (tertiary alicyclic amines) is 1. The quantitative estimate of drug-likeness (QED) is 0.660. The minimum Gasteiger partial charge on any atom is -0.380 e. The summed E-state index contributed by atoms with van der Waals surface area (Å²) in [6.07, 6.45) is 5.17. The van der Waals surface area contributed by atoms with Crippen molar-refractivity contribution in [2.24, 2.45) is 17.3 Å². The van der Waals surface area contributed by atoms with Crippen LogP contribution in [0.1, 0.15) is 70.1 Å². The summed E-state index contributed by atoms with van der Waals surface area (Å²) >= 11 is 0. The normalized spacial score (nSPS) is 22.6. The van der Waals surface area contributed by atoms with Gasteiger partial charge in [0.05, 0.1) is 11.9 Å². The van der Waals surface area contributed by atoms with E-state index in [4.69, 9.17) is 0 Å². The third-order valence-corrected chi connectivity index (χ3v) is 7.57. The standard InChI is InChI=1S/C28H39N3O2/c1-19(2)11-21-12-26(32)31(16-21)25-13-24(14-29-15-25)28(33,27(5)17-30(6)18-27)23-9-7-22(8-10-23)20(3)4/h7-10,13-15,19-21,33H,11-12,16-18H2,1-6H3/t21-,28?/m0/s1. The lowest BCUT2D eigenvalue weighted by Gasteiger charge is -2.56. The van der Waals surface area contributed by atoms with Crippen molar-refractivity contribution >= 4 is 11.6 Å². The van der Waals surface area contributed by atoms with Crippen molar-refractivity contribution < 1.29 is 9.90 Å². The molecular weight excluding hydrogens is 410 g/mol. The zero-order valence-electron chi connectivity index (χ0n) is 21.0. The van der Waals surface area contributed by atoms with E-state index in [1.165, 1.54) is 5.56 Å². The van der Waals surface area contributed by atoms with Crippen LogP contribution < -0.4 is 4.90 Å². The van der Waals surface area contributed by atoms with E-state index in [0.29, 0.717) is 24.2 Å². The van der Waals surface area contributed by atoms with Gasteiger partial charge in [0.25, 0.3) is 0 Å². The molecule has 2 aromatic rings. The number of aliphatic hydroxyl groups is 1. The third kappa shape index (κ3) is 4.33. The molecule has 2 aliphatic heterocycles. The van der Waals surface area contributed by atoms with E-state index < -0.39 is 5.60 Å². The number of hydrogen-bond donors (Lipinski definition) is 1. The van der Waals surface area contributed by atoms with Gasteiger partial charge in [-0.2, -0.15) is 0 Å². The Balaban J connectivity index is 1.72. The van der Waals surface area contributed by atoms with E-state index in [1.54, 1.807) is 12.4 Å². The van der Waals surface area contributed by atoms with Crippen molar-refractivity contribution in [1.82, 2.24) is 9.88 Å². The largest absolute Gasteiger partial charge is 0.380 e. The van der Waals surface area contributed by atoms with Crippen LogP contribution in [0.4, 0.5) is 5.69 Å². The monoisotopic (exact) mass is 449 g/mol. The van der Waals surface area contributed by atoms with Crippen LogP contribution in [0.5, 0.6) is 0 Å². The van der Waals surface area contributed by atoms with Crippen LogP contribution in [0, 0.1) is 17.3 Å². The number of rotatable bonds is 7. The zero-order valence-corrected chi connectivity index (χ0v) is 21.0. The molecule has 5 heteroatoms. The fraction of sp³-hybridized carbons (Fsp3) is 0.571. The van der Waals surface area contributed by atoms with Gasteiger partial charge in [-0.05, 0) is 48.4 Å². The molecule has 4 rings (SSSR count). The number of carbonyl (C=O) groups excluding carboxylic acids is 1. The van der Waals surface area contributed by atoms with Gasteiger partial charge in [0.2, 0.25) is 5.91 Å². The van der Waals surface area contributed by atoms with Gasteiger partial charge in [-0.15, -0.1) is 0 Å². The Morgan fingerprint density at radius 2 is 1.79 bits per heavy atom. The second kappa shape index (κ2) is 8.84. The summed E-state index contributed by atoms with van der Waals surface area (Å²) in [6.45, 7) is 13.2. The maximum Gasteiger partial charge on any atom is 0.227 e. The molecule has 1 amide bonds. The van der Waals surface area contributed by atoms with Gasteiger partial charge < -0.3 is 14.9 Å². The van der Waals surface area contributed by atoms with Crippen molar-refractivity contribution in [3.63, 3.8) is 0 Å². The summed E-state index contributed by atoms with van der Waals surface area (Å²) in [5.41, 5.74) is 2.13. The Morgan fingerprint density at radius 3 is 2.36 bits per heavy atom. The molecular formula is C28H39N3O2. The summed E-state index contributed by atoms with van der Waals surface area (Å²) in [7, 11) is 2.08. The molecule has 1 unspecified atom stereocenters. The van der Waals surface area contributed by atoms with E-state index in [2.05, 4.69) is 75.8 Å². The maximum atomic E-state index is 12.8. The van der Waals surface area contributed by atoms with E-state index in [0.717, 1.165) is 42.9 Å². The molecule has 0 radical (unpaired) electrons. The van der Waals surface area contributed by atoms with Gasteiger partial charge >= 0.3 is 0 Å². The van der Waals surface area contributed by atoms with Crippen LogP contribution in [0.2, 0.25) is 0 Å². The average Bonchev–Trinajstić information content (AvgIpc) is 3.11. The Kier molecular flexibility index (Phi) is 6.41. The highest BCUT2D eigenvalue weighted by Crippen LogP contribution is 2.50. The Hall–Kier alpha value is -2.24. The summed E-state index contributed by atoms with van der Waals surface area (Å²) in [6, 6.07) is 10.3. The second-order valence-electron chi connectivity index (χ2n) is 11.4. The summed E-state index contributed by atoms with van der Waals surface area (Å²) in [5, 5.41) is 12.4. The number of benzene rings is 1. The summed E-state index contributed by atoms with van der Waals surface area (Å²) < 4.78 is 0. The lowest BCUT2D eigenvalue weighted by atomic mass is 9.62. The molecule has 2 atom stereocenters. The fourth-order valence-corrected chi connectivity index (χ4v) is 5.98. The lowest BCUT2D eigenvalue weighted by Crippen LogP contribution is -2.63. The first-order valence-electron chi connectivity index (χ1n) is 12.3. The van der Waals surface area contributed by atoms with Crippen molar-refractivity contribution in [1.29, 1.82) is 0 Å².